The van der Waals surface area contributed by atoms with Crippen LogP contribution in [0.15, 0.2) is 27.6 Å². The summed E-state index contributed by atoms with van der Waals surface area (Å²) < 4.78 is 4.59. The summed E-state index contributed by atoms with van der Waals surface area (Å²) >= 11 is 0. The lowest BCUT2D eigenvalue weighted by atomic mass is 10.1. The molecule has 0 spiro atoms. The molecule has 1 amide bonds. The van der Waals surface area contributed by atoms with E-state index in [1.807, 2.05) is 0 Å². The number of hydrogen-bond acceptors (Lipinski definition) is 4. The number of carbonyl (C=O) groups excluding carboxylic acids is 1. The average Bonchev–Trinajstić information content (AvgIpc) is 2.78. The highest BCUT2D eigenvalue weighted by Gasteiger charge is 2.31. The van der Waals surface area contributed by atoms with Crippen molar-refractivity contribution in [1.29, 1.82) is 0 Å². The number of carbonyl (C=O) groups is 2. The summed E-state index contributed by atoms with van der Waals surface area (Å²) in [7, 11) is 0. The fourth-order valence-corrected chi connectivity index (χ4v) is 1.81. The van der Waals surface area contributed by atoms with Crippen molar-refractivity contribution in [3.05, 3.63) is 34.4 Å². The number of likely N-dealkylation sites (tertiary alicyclic amines) is 1. The molecule has 2 heterocycles. The molecule has 0 aliphatic carbocycles. The van der Waals surface area contributed by atoms with Crippen LogP contribution in [-0.2, 0) is 4.79 Å². The molecule has 0 radical (unpaired) electrons. The van der Waals surface area contributed by atoms with E-state index in [1.165, 1.54) is 11.0 Å². The molecule has 6 heteroatoms. The van der Waals surface area contributed by atoms with Gasteiger partial charge < -0.3 is 14.4 Å². The predicted molar refractivity (Wildman–Crippen MR) is 56.6 cm³/mol. The molecule has 1 aromatic rings. The van der Waals surface area contributed by atoms with Crippen molar-refractivity contribution in [2.75, 3.05) is 13.1 Å². The van der Waals surface area contributed by atoms with Crippen LogP contribution in [0.1, 0.15) is 16.8 Å². The monoisotopic (exact) mass is 237 g/mol. The minimum atomic E-state index is -0.889. The SMILES string of the molecule is O=C(O)C1CCN(C(=O)c2ccc(=O)oc2)C1. The number of carboxylic acids is 1. The van der Waals surface area contributed by atoms with Gasteiger partial charge in [0.1, 0.15) is 6.26 Å². The zero-order chi connectivity index (χ0) is 12.4. The van der Waals surface area contributed by atoms with E-state index in [1.54, 1.807) is 0 Å². The van der Waals surface area contributed by atoms with Crippen molar-refractivity contribution in [2.24, 2.45) is 5.92 Å². The minimum Gasteiger partial charge on any atom is -0.481 e. The summed E-state index contributed by atoms with van der Waals surface area (Å²) in [6, 6.07) is 2.54. The zero-order valence-corrected chi connectivity index (χ0v) is 8.96. The first-order valence-corrected chi connectivity index (χ1v) is 5.19. The lowest BCUT2D eigenvalue weighted by Crippen LogP contribution is -2.30. The summed E-state index contributed by atoms with van der Waals surface area (Å²) in [5.74, 6) is -1.70. The van der Waals surface area contributed by atoms with Gasteiger partial charge in [-0.15, -0.1) is 0 Å². The molecule has 1 atom stereocenters. The number of nitrogens with zero attached hydrogens (tertiary/aromatic N) is 1. The highest BCUT2D eigenvalue weighted by molar-refractivity contribution is 5.94. The maximum Gasteiger partial charge on any atom is 0.335 e. The Hall–Kier alpha value is -2.11. The lowest BCUT2D eigenvalue weighted by Gasteiger charge is -2.14. The largest absolute Gasteiger partial charge is 0.481 e. The van der Waals surface area contributed by atoms with Crippen LogP contribution in [0.4, 0.5) is 0 Å². The molecule has 1 aromatic heterocycles. The highest BCUT2D eigenvalue weighted by atomic mass is 16.4. The van der Waals surface area contributed by atoms with Gasteiger partial charge in [-0.25, -0.2) is 4.79 Å². The Morgan fingerprint density at radius 2 is 2.18 bits per heavy atom. The van der Waals surface area contributed by atoms with Crippen LogP contribution in [0.3, 0.4) is 0 Å². The Morgan fingerprint density at radius 1 is 1.41 bits per heavy atom. The van der Waals surface area contributed by atoms with E-state index in [2.05, 4.69) is 4.42 Å². The summed E-state index contributed by atoms with van der Waals surface area (Å²) in [4.78, 5) is 34.8. The number of hydrogen-bond donors (Lipinski definition) is 1. The van der Waals surface area contributed by atoms with Crippen molar-refractivity contribution in [3.8, 4) is 0 Å². The fraction of sp³-hybridized carbons (Fsp3) is 0.364. The second-order valence-electron chi connectivity index (χ2n) is 3.92. The van der Waals surface area contributed by atoms with Gasteiger partial charge in [0.15, 0.2) is 0 Å². The van der Waals surface area contributed by atoms with Gasteiger partial charge in [0, 0.05) is 19.2 Å². The number of amides is 1. The zero-order valence-electron chi connectivity index (χ0n) is 8.96. The molecular formula is C11H11NO5. The van der Waals surface area contributed by atoms with Crippen LogP contribution >= 0.6 is 0 Å². The first-order chi connectivity index (χ1) is 8.08. The average molecular weight is 237 g/mol. The van der Waals surface area contributed by atoms with Gasteiger partial charge in [0.05, 0.1) is 11.5 Å². The van der Waals surface area contributed by atoms with Gasteiger partial charge in [-0.3, -0.25) is 9.59 Å². The molecule has 0 saturated carbocycles. The van der Waals surface area contributed by atoms with Crippen molar-refractivity contribution >= 4 is 11.9 Å². The second kappa shape index (κ2) is 4.40. The van der Waals surface area contributed by atoms with E-state index in [4.69, 9.17) is 5.11 Å². The molecule has 1 aliphatic rings. The standard InChI is InChI=1S/C11H11NO5/c13-9-2-1-8(6-17-9)10(14)12-4-3-7(5-12)11(15)16/h1-2,6-7H,3-5H2,(H,15,16). The third-order valence-electron chi connectivity index (χ3n) is 2.77. The van der Waals surface area contributed by atoms with Crippen LogP contribution in [0.2, 0.25) is 0 Å². The number of rotatable bonds is 2. The van der Waals surface area contributed by atoms with Gasteiger partial charge >= 0.3 is 11.6 Å². The minimum absolute atomic E-state index is 0.202. The third kappa shape index (κ3) is 2.35. The molecular weight excluding hydrogens is 226 g/mol. The van der Waals surface area contributed by atoms with E-state index in [0.717, 1.165) is 12.3 Å². The molecule has 2 rings (SSSR count). The van der Waals surface area contributed by atoms with Crippen LogP contribution < -0.4 is 5.63 Å². The normalized spacial score (nSPS) is 19.3. The van der Waals surface area contributed by atoms with Crippen LogP contribution in [0.25, 0.3) is 0 Å². The maximum absolute atomic E-state index is 11.9. The lowest BCUT2D eigenvalue weighted by molar-refractivity contribution is -0.141. The molecule has 1 fully saturated rings. The van der Waals surface area contributed by atoms with Gasteiger partial charge in [-0.05, 0) is 12.5 Å². The molecule has 1 N–H and O–H groups in total. The number of carboxylic acid groups (broad SMARTS) is 1. The molecule has 1 unspecified atom stereocenters. The van der Waals surface area contributed by atoms with Crippen molar-refractivity contribution in [1.82, 2.24) is 4.90 Å². The molecule has 1 saturated heterocycles. The first-order valence-electron chi connectivity index (χ1n) is 5.19. The topological polar surface area (TPSA) is 87.8 Å². The Balaban J connectivity index is 2.09. The number of aliphatic carboxylic acids is 1. The Bertz CT molecular complexity index is 486. The van der Waals surface area contributed by atoms with E-state index >= 15 is 0 Å². The molecule has 1 aliphatic heterocycles. The van der Waals surface area contributed by atoms with E-state index < -0.39 is 17.5 Å². The highest BCUT2D eigenvalue weighted by Crippen LogP contribution is 2.18. The summed E-state index contributed by atoms with van der Waals surface area (Å²) in [6.45, 7) is 0.613. The quantitative estimate of drug-likeness (QED) is 0.793. The van der Waals surface area contributed by atoms with Gasteiger partial charge in [0.2, 0.25) is 0 Å². The Morgan fingerprint density at radius 3 is 2.71 bits per heavy atom. The van der Waals surface area contributed by atoms with E-state index in [9.17, 15) is 14.4 Å². The first kappa shape index (κ1) is 11.4. The van der Waals surface area contributed by atoms with Gasteiger partial charge in [0.25, 0.3) is 5.91 Å². The third-order valence-corrected chi connectivity index (χ3v) is 2.77. The van der Waals surface area contributed by atoms with Crippen LogP contribution in [0.5, 0.6) is 0 Å². The molecule has 6 nitrogen and oxygen atoms in total. The second-order valence-corrected chi connectivity index (χ2v) is 3.92. The van der Waals surface area contributed by atoms with Crippen molar-refractivity contribution in [2.45, 2.75) is 6.42 Å². The van der Waals surface area contributed by atoms with Crippen molar-refractivity contribution < 1.29 is 19.1 Å². The fourth-order valence-electron chi connectivity index (χ4n) is 1.81. The summed E-state index contributed by atoms with van der Waals surface area (Å²) in [5, 5.41) is 8.82. The van der Waals surface area contributed by atoms with Gasteiger partial charge in [-0.2, -0.15) is 0 Å². The molecule has 90 valence electrons. The van der Waals surface area contributed by atoms with Crippen LogP contribution in [0, 0.1) is 5.92 Å². The van der Waals surface area contributed by atoms with Gasteiger partial charge in [-0.1, -0.05) is 0 Å². The Kier molecular flexibility index (Phi) is 2.95. The smallest absolute Gasteiger partial charge is 0.335 e. The summed E-state index contributed by atoms with van der Waals surface area (Å²) in [5.41, 5.74) is -0.262. The summed E-state index contributed by atoms with van der Waals surface area (Å²) in [6.07, 6.45) is 1.55. The van der Waals surface area contributed by atoms with Crippen LogP contribution in [-0.4, -0.2) is 35.0 Å². The van der Waals surface area contributed by atoms with E-state index in [0.29, 0.717) is 13.0 Å². The van der Waals surface area contributed by atoms with Crippen molar-refractivity contribution in [3.63, 3.8) is 0 Å². The molecule has 0 aromatic carbocycles. The maximum atomic E-state index is 11.9. The predicted octanol–water partition coefficient (Wildman–Crippen LogP) is 0.187. The molecule has 17 heavy (non-hydrogen) atoms. The van der Waals surface area contributed by atoms with E-state index in [-0.39, 0.29) is 18.0 Å². The molecule has 0 bridgehead atoms. The Labute approximate surface area is 96.5 Å².